The second-order valence-corrected chi connectivity index (χ2v) is 5.80. The molecule has 30 heavy (non-hydrogen) atoms. The number of ether oxygens (including phenoxy) is 2. The van der Waals surface area contributed by atoms with Crippen molar-refractivity contribution in [2.24, 2.45) is 5.10 Å². The Kier molecular flexibility index (Phi) is 6.63. The zero-order valence-corrected chi connectivity index (χ0v) is 15.8. The van der Waals surface area contributed by atoms with Gasteiger partial charge in [0.2, 0.25) is 5.82 Å². The van der Waals surface area contributed by atoms with Crippen LogP contribution >= 0.6 is 0 Å². The van der Waals surface area contributed by atoms with Crippen LogP contribution in [-0.4, -0.2) is 46.0 Å². The van der Waals surface area contributed by atoms with Gasteiger partial charge in [0.15, 0.2) is 18.1 Å². The summed E-state index contributed by atoms with van der Waals surface area (Å²) < 4.78 is 23.4. The first-order valence-corrected chi connectivity index (χ1v) is 8.62. The molecule has 3 aromatic rings. The number of amides is 1. The van der Waals surface area contributed by atoms with Crippen LogP contribution in [0, 0.1) is 17.1 Å². The number of hydrogen-bond acceptors (Lipinski definition) is 8. The number of tetrazole rings is 1. The SMILES string of the molecule is COc1cc(C=NNC(=O)Cn2nnc(-c3ccc(F)cc3)n2)ccc1OCC#N. The third-order valence-electron chi connectivity index (χ3n) is 3.72. The van der Waals surface area contributed by atoms with E-state index in [0.29, 0.717) is 22.6 Å². The number of nitrogens with one attached hydrogen (secondary N) is 1. The van der Waals surface area contributed by atoms with Gasteiger partial charge in [-0.15, -0.1) is 10.2 Å². The summed E-state index contributed by atoms with van der Waals surface area (Å²) in [4.78, 5) is 13.1. The van der Waals surface area contributed by atoms with Gasteiger partial charge < -0.3 is 9.47 Å². The maximum Gasteiger partial charge on any atom is 0.263 e. The minimum Gasteiger partial charge on any atom is -0.493 e. The molecule has 1 aromatic heterocycles. The van der Waals surface area contributed by atoms with Crippen LogP contribution in [-0.2, 0) is 11.3 Å². The Bertz CT molecular complexity index is 1090. The van der Waals surface area contributed by atoms with Crippen LogP contribution in [0.1, 0.15) is 5.56 Å². The van der Waals surface area contributed by atoms with E-state index in [1.54, 1.807) is 18.2 Å². The van der Waals surface area contributed by atoms with Crippen molar-refractivity contribution in [1.29, 1.82) is 5.26 Å². The molecule has 0 unspecified atom stereocenters. The minimum atomic E-state index is -0.463. The van der Waals surface area contributed by atoms with Crippen molar-refractivity contribution in [2.45, 2.75) is 6.54 Å². The lowest BCUT2D eigenvalue weighted by Gasteiger charge is -2.08. The summed E-state index contributed by atoms with van der Waals surface area (Å²) in [6, 6.07) is 12.5. The molecule has 0 aliphatic carbocycles. The van der Waals surface area contributed by atoms with Crippen molar-refractivity contribution in [3.63, 3.8) is 0 Å². The summed E-state index contributed by atoms with van der Waals surface area (Å²) in [5.41, 5.74) is 3.59. The predicted molar refractivity (Wildman–Crippen MR) is 103 cm³/mol. The molecule has 1 heterocycles. The molecule has 0 aliphatic rings. The molecule has 0 saturated carbocycles. The molecule has 0 spiro atoms. The number of hydrazone groups is 1. The Hall–Kier alpha value is -4.33. The van der Waals surface area contributed by atoms with E-state index in [1.807, 2.05) is 6.07 Å². The molecular weight excluding hydrogens is 393 g/mol. The molecule has 0 fully saturated rings. The summed E-state index contributed by atoms with van der Waals surface area (Å²) >= 11 is 0. The topological polar surface area (TPSA) is 127 Å². The average molecular weight is 409 g/mol. The lowest BCUT2D eigenvalue weighted by atomic mass is 10.2. The van der Waals surface area contributed by atoms with Crippen LogP contribution in [0.3, 0.4) is 0 Å². The van der Waals surface area contributed by atoms with Gasteiger partial charge in [-0.05, 0) is 53.2 Å². The molecule has 0 radical (unpaired) electrons. The Labute approximate surface area is 170 Å². The van der Waals surface area contributed by atoms with E-state index in [2.05, 4.69) is 25.9 Å². The fraction of sp³-hybridized carbons (Fsp3) is 0.158. The van der Waals surface area contributed by atoms with Gasteiger partial charge in [-0.3, -0.25) is 4.79 Å². The first-order chi connectivity index (χ1) is 14.6. The zero-order chi connectivity index (χ0) is 21.3. The number of benzene rings is 2. The van der Waals surface area contributed by atoms with Crippen molar-refractivity contribution in [2.75, 3.05) is 13.7 Å². The van der Waals surface area contributed by atoms with Crippen LogP contribution < -0.4 is 14.9 Å². The fourth-order valence-electron chi connectivity index (χ4n) is 2.36. The highest BCUT2D eigenvalue weighted by molar-refractivity contribution is 5.83. The number of methoxy groups -OCH3 is 1. The van der Waals surface area contributed by atoms with Gasteiger partial charge in [-0.1, -0.05) is 0 Å². The number of aromatic nitrogens is 4. The van der Waals surface area contributed by atoms with Gasteiger partial charge in [-0.25, -0.2) is 9.82 Å². The molecular formula is C19H16FN7O3. The van der Waals surface area contributed by atoms with Crippen LogP contribution in [0.2, 0.25) is 0 Å². The van der Waals surface area contributed by atoms with Crippen molar-refractivity contribution in [3.8, 4) is 29.0 Å². The van der Waals surface area contributed by atoms with Crippen LogP contribution in [0.15, 0.2) is 47.6 Å². The quantitative estimate of drug-likeness (QED) is 0.441. The Morgan fingerprint density at radius 1 is 1.30 bits per heavy atom. The monoisotopic (exact) mass is 409 g/mol. The van der Waals surface area contributed by atoms with Gasteiger partial charge in [0, 0.05) is 5.56 Å². The van der Waals surface area contributed by atoms with Crippen molar-refractivity contribution < 1.29 is 18.7 Å². The zero-order valence-electron chi connectivity index (χ0n) is 15.8. The van der Waals surface area contributed by atoms with Crippen LogP contribution in [0.4, 0.5) is 4.39 Å². The van der Waals surface area contributed by atoms with E-state index in [1.165, 1.54) is 37.6 Å². The molecule has 0 bridgehead atoms. The van der Waals surface area contributed by atoms with E-state index in [4.69, 9.17) is 14.7 Å². The van der Waals surface area contributed by atoms with Crippen LogP contribution in [0.25, 0.3) is 11.4 Å². The Morgan fingerprint density at radius 3 is 2.83 bits per heavy atom. The number of nitrogens with zero attached hydrogens (tertiary/aromatic N) is 6. The van der Waals surface area contributed by atoms with Gasteiger partial charge in [0.05, 0.1) is 13.3 Å². The predicted octanol–water partition coefficient (Wildman–Crippen LogP) is 1.54. The van der Waals surface area contributed by atoms with E-state index in [0.717, 1.165) is 4.80 Å². The Balaban J connectivity index is 1.56. The summed E-state index contributed by atoms with van der Waals surface area (Å²) in [7, 11) is 1.47. The smallest absolute Gasteiger partial charge is 0.263 e. The van der Waals surface area contributed by atoms with E-state index >= 15 is 0 Å². The first-order valence-electron chi connectivity index (χ1n) is 8.62. The average Bonchev–Trinajstić information content (AvgIpc) is 3.21. The van der Waals surface area contributed by atoms with E-state index in [-0.39, 0.29) is 24.8 Å². The highest BCUT2D eigenvalue weighted by Crippen LogP contribution is 2.27. The largest absolute Gasteiger partial charge is 0.493 e. The molecule has 2 aromatic carbocycles. The van der Waals surface area contributed by atoms with Crippen molar-refractivity contribution >= 4 is 12.1 Å². The number of nitriles is 1. The summed E-state index contributed by atoms with van der Waals surface area (Å²) in [5.74, 6) is 0.299. The molecule has 1 N–H and O–H groups in total. The standard InChI is InChI=1S/C19H16FN7O3/c1-29-17-10-13(2-7-16(17)30-9-8-21)11-22-23-18(28)12-27-25-19(24-26-27)14-3-5-15(20)6-4-14/h2-7,10-11H,9,12H2,1H3,(H,23,28). The summed E-state index contributed by atoms with van der Waals surface area (Å²) in [6.07, 6.45) is 1.42. The van der Waals surface area contributed by atoms with Gasteiger partial charge in [0.25, 0.3) is 5.91 Å². The molecule has 0 atom stereocenters. The van der Waals surface area contributed by atoms with Crippen LogP contribution in [0.5, 0.6) is 11.5 Å². The molecule has 3 rings (SSSR count). The number of hydrogen-bond donors (Lipinski definition) is 1. The number of rotatable bonds is 8. The minimum absolute atomic E-state index is 0.0982. The highest BCUT2D eigenvalue weighted by Gasteiger charge is 2.09. The molecule has 11 heteroatoms. The van der Waals surface area contributed by atoms with E-state index < -0.39 is 5.91 Å². The van der Waals surface area contributed by atoms with E-state index in [9.17, 15) is 9.18 Å². The normalized spacial score (nSPS) is 10.6. The number of carbonyl (C=O) groups excluding carboxylic acids is 1. The number of halogens is 1. The van der Waals surface area contributed by atoms with Gasteiger partial charge in [0.1, 0.15) is 18.4 Å². The molecule has 0 saturated heterocycles. The Morgan fingerprint density at radius 2 is 2.10 bits per heavy atom. The fourth-order valence-corrected chi connectivity index (χ4v) is 2.36. The van der Waals surface area contributed by atoms with Gasteiger partial charge >= 0.3 is 0 Å². The molecule has 10 nitrogen and oxygen atoms in total. The molecule has 0 aliphatic heterocycles. The second kappa shape index (κ2) is 9.74. The first kappa shape index (κ1) is 20.4. The molecule has 1 amide bonds. The molecule has 152 valence electrons. The third kappa shape index (κ3) is 5.35. The maximum absolute atomic E-state index is 13.0. The summed E-state index contributed by atoms with van der Waals surface area (Å²) in [6.45, 7) is -0.297. The lowest BCUT2D eigenvalue weighted by molar-refractivity contribution is -0.122. The second-order valence-electron chi connectivity index (χ2n) is 5.80. The number of carbonyl (C=O) groups is 1. The lowest BCUT2D eigenvalue weighted by Crippen LogP contribution is -2.24. The van der Waals surface area contributed by atoms with Gasteiger partial charge in [-0.2, -0.15) is 15.2 Å². The third-order valence-corrected chi connectivity index (χ3v) is 3.72. The maximum atomic E-state index is 13.0. The van der Waals surface area contributed by atoms with Crippen molar-refractivity contribution in [1.82, 2.24) is 25.6 Å². The highest BCUT2D eigenvalue weighted by atomic mass is 19.1. The summed E-state index contributed by atoms with van der Waals surface area (Å²) in [5, 5.41) is 24.2. The van der Waals surface area contributed by atoms with Crippen molar-refractivity contribution in [3.05, 3.63) is 53.8 Å².